The number of hydrogen-bond donors (Lipinski definition) is 1. The summed E-state index contributed by atoms with van der Waals surface area (Å²) in [6.07, 6.45) is 38.7. The van der Waals surface area contributed by atoms with Gasteiger partial charge in [0.15, 0.2) is 0 Å². The fourth-order valence-corrected chi connectivity index (χ4v) is 12.4. The lowest BCUT2D eigenvalue weighted by Gasteiger charge is -2.31. The van der Waals surface area contributed by atoms with Gasteiger partial charge in [-0.25, -0.2) is 0 Å². The van der Waals surface area contributed by atoms with Gasteiger partial charge >= 0.3 is 0 Å². The second-order valence-electron chi connectivity index (χ2n) is 11.5. The maximum Gasteiger partial charge on any atom is 0.0915 e. The lowest BCUT2D eigenvalue weighted by molar-refractivity contribution is 0.332. The smallest absolute Gasteiger partial charge is 0.0915 e. The van der Waals surface area contributed by atoms with Crippen LogP contribution >= 0.6 is 15.8 Å². The van der Waals surface area contributed by atoms with Crippen LogP contribution in [0, 0.1) is 0 Å². The van der Waals surface area contributed by atoms with E-state index in [0.717, 1.165) is 0 Å². The minimum absolute atomic E-state index is 0.0765. The maximum atomic E-state index is 11.8. The molecule has 0 heterocycles. The summed E-state index contributed by atoms with van der Waals surface area (Å²) in [7, 11) is -0.372. The second kappa shape index (κ2) is 30.4. The van der Waals surface area contributed by atoms with Crippen LogP contribution in [0.15, 0.2) is 0 Å². The van der Waals surface area contributed by atoms with Gasteiger partial charge in [0.05, 0.1) is 5.59 Å². The highest BCUT2D eigenvalue weighted by molar-refractivity contribution is 7.75. The molecule has 36 heavy (non-hydrogen) atoms. The minimum atomic E-state index is -0.186. The van der Waals surface area contributed by atoms with Gasteiger partial charge in [0.1, 0.15) is 0 Å². The molecule has 1 N–H and O–H groups in total. The first-order valence-electron chi connectivity index (χ1n) is 16.9. The summed E-state index contributed by atoms with van der Waals surface area (Å²) in [5.41, 5.74) is 0.0765. The molecule has 3 heteroatoms. The van der Waals surface area contributed by atoms with Crippen molar-refractivity contribution in [3.8, 4) is 0 Å². The van der Waals surface area contributed by atoms with Gasteiger partial charge in [-0.15, -0.1) is 0 Å². The molecule has 0 rings (SSSR count). The molecule has 0 aromatic heterocycles. The Morgan fingerprint density at radius 2 is 0.528 bits per heavy atom. The molecule has 0 bridgehead atoms. The molecule has 0 spiro atoms. The van der Waals surface area contributed by atoms with E-state index in [2.05, 4.69) is 27.7 Å². The third-order valence-electron chi connectivity index (χ3n) is 7.85. The van der Waals surface area contributed by atoms with Gasteiger partial charge in [0, 0.05) is 0 Å². The number of aliphatic hydroxyl groups excluding tert-OH is 1. The molecule has 0 unspecified atom stereocenters. The Labute approximate surface area is 232 Å². The molecule has 218 valence electrons. The van der Waals surface area contributed by atoms with Gasteiger partial charge in [-0.1, -0.05) is 172 Å². The van der Waals surface area contributed by atoms with E-state index in [1.165, 1.54) is 179 Å². The van der Waals surface area contributed by atoms with Crippen molar-refractivity contribution in [3.63, 3.8) is 0 Å². The van der Waals surface area contributed by atoms with Gasteiger partial charge in [-0.3, -0.25) is 0 Å². The maximum absolute atomic E-state index is 11.8. The van der Waals surface area contributed by atoms with Crippen LogP contribution in [0.3, 0.4) is 0 Å². The van der Waals surface area contributed by atoms with Gasteiger partial charge in [0.2, 0.25) is 0 Å². The average Bonchev–Trinajstić information content (AvgIpc) is 2.89. The zero-order valence-corrected chi connectivity index (χ0v) is 27.5. The first kappa shape index (κ1) is 36.8. The molecular weight excluding hydrogens is 474 g/mol. The van der Waals surface area contributed by atoms with Crippen molar-refractivity contribution in [2.75, 3.05) is 24.6 Å². The zero-order chi connectivity index (χ0) is 26.5. The molecule has 0 radical (unpaired) electrons. The molecule has 0 aromatic rings. The van der Waals surface area contributed by atoms with E-state index in [-0.39, 0.29) is 21.4 Å². The van der Waals surface area contributed by atoms with Crippen LogP contribution in [0.2, 0.25) is 0 Å². The monoisotopic (exact) mass is 544 g/mol. The Morgan fingerprint density at radius 1 is 0.333 bits per heavy atom. The Morgan fingerprint density at radius 3 is 0.750 bits per heavy atom. The van der Waals surface area contributed by atoms with Crippen LogP contribution in [0.25, 0.3) is 0 Å². The highest BCUT2D eigenvalue weighted by Gasteiger charge is 2.26. The molecule has 0 atom stereocenters. The van der Waals surface area contributed by atoms with Gasteiger partial charge in [-0.2, -0.15) is 0 Å². The van der Waals surface area contributed by atoms with Crippen molar-refractivity contribution in [3.05, 3.63) is 0 Å². The summed E-state index contributed by atoms with van der Waals surface area (Å²) in [4.78, 5) is 0. The first-order valence-corrected chi connectivity index (χ1v) is 20.4. The van der Waals surface area contributed by atoms with Crippen LogP contribution in [0.1, 0.15) is 182 Å². The van der Waals surface area contributed by atoms with Crippen molar-refractivity contribution in [2.45, 2.75) is 187 Å². The zero-order valence-electron chi connectivity index (χ0n) is 25.7. The lowest BCUT2D eigenvalue weighted by Crippen LogP contribution is -2.12. The van der Waals surface area contributed by atoms with Crippen LogP contribution in [0.4, 0.5) is 0 Å². The molecule has 1 nitrogen and oxygen atoms in total. The predicted molar refractivity (Wildman–Crippen MR) is 173 cm³/mol. The summed E-state index contributed by atoms with van der Waals surface area (Å²) in [6.45, 7) is 9.25. The Hall–Kier alpha value is 0.820. The summed E-state index contributed by atoms with van der Waals surface area (Å²) in [6, 6.07) is 0. The Kier molecular flexibility index (Phi) is 31.1. The molecule has 0 aliphatic carbocycles. The highest BCUT2D eigenvalue weighted by Crippen LogP contribution is 2.58. The fraction of sp³-hybridized carbons (Fsp3) is 1.00. The summed E-state index contributed by atoms with van der Waals surface area (Å²) >= 11 is 0. The molecule has 0 saturated heterocycles. The van der Waals surface area contributed by atoms with Crippen molar-refractivity contribution in [1.29, 1.82) is 0 Å². The largest absolute Gasteiger partial charge is 0.384 e. The van der Waals surface area contributed by atoms with E-state index in [1.807, 2.05) is 0 Å². The van der Waals surface area contributed by atoms with E-state index in [1.54, 1.807) is 0 Å². The van der Waals surface area contributed by atoms with E-state index in [9.17, 15) is 5.11 Å². The fourth-order valence-electron chi connectivity index (χ4n) is 5.30. The van der Waals surface area contributed by atoms with E-state index in [4.69, 9.17) is 0 Å². The summed E-state index contributed by atoms with van der Waals surface area (Å²) in [5, 5.41) is 11.8. The normalized spacial score (nSPS) is 12.0. The van der Waals surface area contributed by atoms with Crippen LogP contribution in [-0.4, -0.2) is 35.3 Å². The standard InChI is InChI=1S/C33H70OP2/c1-5-9-13-17-21-25-29-35(30-26-22-18-14-10-6-2)33(34)36(31-27-23-19-15-11-7-3)32-28-24-20-16-12-8-4/h33-34H,5-32H2,1-4H3. The molecule has 0 fully saturated rings. The SMILES string of the molecule is CCCCCCCCP(CCCCCCCC)C(O)P(CCCCCCCC)CCCCCCCC. The van der Waals surface area contributed by atoms with Gasteiger partial charge in [0.25, 0.3) is 0 Å². The van der Waals surface area contributed by atoms with Gasteiger partial charge < -0.3 is 5.11 Å². The number of rotatable bonds is 30. The van der Waals surface area contributed by atoms with E-state index in [0.29, 0.717) is 0 Å². The number of aliphatic hydroxyl groups is 1. The second-order valence-corrected chi connectivity index (χ2v) is 17.0. The van der Waals surface area contributed by atoms with Crippen molar-refractivity contribution in [2.24, 2.45) is 0 Å². The van der Waals surface area contributed by atoms with Gasteiger partial charge in [-0.05, 0) is 50.3 Å². The average molecular weight is 545 g/mol. The number of unbranched alkanes of at least 4 members (excludes halogenated alkanes) is 20. The summed E-state index contributed by atoms with van der Waals surface area (Å²) in [5.74, 6) is 0. The topological polar surface area (TPSA) is 20.2 Å². The minimum Gasteiger partial charge on any atom is -0.384 e. The molecule has 0 aromatic carbocycles. The van der Waals surface area contributed by atoms with Crippen molar-refractivity contribution < 1.29 is 5.11 Å². The highest BCUT2D eigenvalue weighted by atomic mass is 31.2. The van der Waals surface area contributed by atoms with Crippen molar-refractivity contribution >= 4 is 15.8 Å². The van der Waals surface area contributed by atoms with Crippen LogP contribution in [-0.2, 0) is 0 Å². The molecule has 0 amide bonds. The quantitative estimate of drug-likeness (QED) is 0.0704. The molecule has 0 aliphatic heterocycles. The molecule has 0 saturated carbocycles. The molecular formula is C33H70OP2. The lowest BCUT2D eigenvalue weighted by atomic mass is 10.1. The first-order chi connectivity index (χ1) is 17.7. The van der Waals surface area contributed by atoms with Crippen LogP contribution < -0.4 is 0 Å². The Balaban J connectivity index is 4.80. The van der Waals surface area contributed by atoms with Crippen molar-refractivity contribution in [1.82, 2.24) is 0 Å². The molecule has 0 aliphatic rings. The third-order valence-corrected chi connectivity index (χ3v) is 14.7. The number of hydrogen-bond acceptors (Lipinski definition) is 1. The predicted octanol–water partition coefficient (Wildman–Crippen LogP) is 12.7. The van der Waals surface area contributed by atoms with E-state index >= 15 is 0 Å². The van der Waals surface area contributed by atoms with Crippen LogP contribution in [0.5, 0.6) is 0 Å². The van der Waals surface area contributed by atoms with E-state index < -0.39 is 0 Å². The third kappa shape index (κ3) is 23.9. The summed E-state index contributed by atoms with van der Waals surface area (Å²) < 4.78 is 0. The Bertz CT molecular complexity index is 335.